The summed E-state index contributed by atoms with van der Waals surface area (Å²) in [4.78, 5) is 16.3. The molecule has 0 saturated carbocycles. The molecule has 1 fully saturated rings. The molecule has 2 aromatic rings. The highest BCUT2D eigenvalue weighted by molar-refractivity contribution is 9.10. The molecule has 114 valence electrons. The normalized spacial score (nSPS) is 17.2. The van der Waals surface area contributed by atoms with Gasteiger partial charge in [-0.25, -0.2) is 4.98 Å². The first-order valence-corrected chi connectivity index (χ1v) is 7.92. The van der Waals surface area contributed by atoms with Crippen LogP contribution < -0.4 is 10.6 Å². The maximum atomic E-state index is 11.9. The van der Waals surface area contributed by atoms with Gasteiger partial charge in [-0.3, -0.25) is 4.79 Å². The molecule has 1 aliphatic rings. The number of hydrogen-bond donors (Lipinski definition) is 2. The Labute approximate surface area is 137 Å². The van der Waals surface area contributed by atoms with E-state index in [1.807, 2.05) is 36.4 Å². The van der Waals surface area contributed by atoms with Gasteiger partial charge in [-0.2, -0.15) is 0 Å². The number of anilines is 3. The Morgan fingerprint density at radius 2 is 2.14 bits per heavy atom. The van der Waals surface area contributed by atoms with Crippen LogP contribution in [0, 0.1) is 0 Å². The molecule has 1 aliphatic heterocycles. The molecule has 3 rings (SSSR count). The molecule has 0 aliphatic carbocycles. The lowest BCUT2D eigenvalue weighted by Crippen LogP contribution is -2.26. The van der Waals surface area contributed by atoms with Crippen LogP contribution in [0.25, 0.3) is 0 Å². The molecule has 2 N–H and O–H groups in total. The van der Waals surface area contributed by atoms with E-state index in [1.54, 1.807) is 6.20 Å². The summed E-state index contributed by atoms with van der Waals surface area (Å²) in [6.45, 7) is 0.658. The third-order valence-corrected chi connectivity index (χ3v) is 4.08. The minimum absolute atomic E-state index is 0.106. The summed E-state index contributed by atoms with van der Waals surface area (Å²) in [5.74, 6) is 0.604. The highest BCUT2D eigenvalue weighted by atomic mass is 79.9. The number of pyridine rings is 1. The van der Waals surface area contributed by atoms with Crippen molar-refractivity contribution in [3.05, 3.63) is 47.1 Å². The first-order chi connectivity index (χ1) is 10.7. The van der Waals surface area contributed by atoms with Crippen molar-refractivity contribution in [2.75, 3.05) is 17.2 Å². The molecular weight excluding hydrogens is 346 g/mol. The van der Waals surface area contributed by atoms with E-state index in [9.17, 15) is 4.79 Å². The van der Waals surface area contributed by atoms with E-state index in [0.29, 0.717) is 18.1 Å². The average molecular weight is 362 g/mol. The highest BCUT2D eigenvalue weighted by Crippen LogP contribution is 2.24. The monoisotopic (exact) mass is 361 g/mol. The van der Waals surface area contributed by atoms with E-state index in [4.69, 9.17) is 4.74 Å². The lowest BCUT2D eigenvalue weighted by molar-refractivity contribution is -0.124. The number of rotatable bonds is 4. The second kappa shape index (κ2) is 6.89. The fourth-order valence-electron chi connectivity index (χ4n) is 2.25. The van der Waals surface area contributed by atoms with Gasteiger partial charge >= 0.3 is 0 Å². The molecule has 6 heteroatoms. The first kappa shape index (κ1) is 15.0. The fraction of sp³-hybridized carbons (Fsp3) is 0.250. The molecule has 0 spiro atoms. The van der Waals surface area contributed by atoms with Gasteiger partial charge in [-0.05, 0) is 53.0 Å². The number of halogens is 1. The third kappa shape index (κ3) is 3.64. The van der Waals surface area contributed by atoms with E-state index >= 15 is 0 Å². The molecule has 0 radical (unpaired) electrons. The van der Waals surface area contributed by atoms with Crippen molar-refractivity contribution in [1.29, 1.82) is 0 Å². The van der Waals surface area contributed by atoms with Crippen molar-refractivity contribution in [1.82, 2.24) is 4.98 Å². The van der Waals surface area contributed by atoms with Crippen LogP contribution in [0.2, 0.25) is 0 Å². The van der Waals surface area contributed by atoms with Crippen molar-refractivity contribution in [2.24, 2.45) is 0 Å². The maximum Gasteiger partial charge on any atom is 0.253 e. The standard InChI is InChI=1S/C16H16BrN3O2/c17-12-4-1-2-5-13(12)20-15-8-7-11(10-18-15)19-16(21)14-6-3-9-22-14/h1-2,4-5,7-8,10,14H,3,6,9H2,(H,18,20)(H,19,21). The minimum Gasteiger partial charge on any atom is -0.368 e. The van der Waals surface area contributed by atoms with Crippen LogP contribution in [0.1, 0.15) is 12.8 Å². The Morgan fingerprint density at radius 1 is 1.27 bits per heavy atom. The number of benzene rings is 1. The quantitative estimate of drug-likeness (QED) is 0.871. The van der Waals surface area contributed by atoms with Crippen LogP contribution in [-0.2, 0) is 9.53 Å². The lowest BCUT2D eigenvalue weighted by Gasteiger charge is -2.11. The van der Waals surface area contributed by atoms with Gasteiger partial charge in [0.05, 0.1) is 17.6 Å². The van der Waals surface area contributed by atoms with Gasteiger partial charge in [0.2, 0.25) is 0 Å². The Hall–Kier alpha value is -1.92. The van der Waals surface area contributed by atoms with E-state index in [0.717, 1.165) is 23.0 Å². The van der Waals surface area contributed by atoms with Crippen LogP contribution in [0.5, 0.6) is 0 Å². The lowest BCUT2D eigenvalue weighted by atomic mass is 10.2. The van der Waals surface area contributed by atoms with Crippen molar-refractivity contribution in [3.63, 3.8) is 0 Å². The Morgan fingerprint density at radius 3 is 2.82 bits per heavy atom. The zero-order chi connectivity index (χ0) is 15.4. The summed E-state index contributed by atoms with van der Waals surface area (Å²) in [6.07, 6.45) is 3.01. The van der Waals surface area contributed by atoms with Crippen molar-refractivity contribution in [3.8, 4) is 0 Å². The van der Waals surface area contributed by atoms with Crippen LogP contribution in [-0.4, -0.2) is 23.6 Å². The summed E-state index contributed by atoms with van der Waals surface area (Å²) < 4.78 is 6.32. The van der Waals surface area contributed by atoms with Crippen LogP contribution in [0.15, 0.2) is 47.1 Å². The molecule has 2 heterocycles. The highest BCUT2D eigenvalue weighted by Gasteiger charge is 2.23. The van der Waals surface area contributed by atoms with E-state index in [1.165, 1.54) is 0 Å². The Balaban J connectivity index is 1.63. The number of amides is 1. The summed E-state index contributed by atoms with van der Waals surface area (Å²) in [6, 6.07) is 11.5. The second-order valence-electron chi connectivity index (χ2n) is 5.03. The average Bonchev–Trinajstić information content (AvgIpc) is 3.06. The van der Waals surface area contributed by atoms with Crippen molar-refractivity contribution in [2.45, 2.75) is 18.9 Å². The molecule has 1 unspecified atom stereocenters. The van der Waals surface area contributed by atoms with Gasteiger partial charge in [0.25, 0.3) is 5.91 Å². The van der Waals surface area contributed by atoms with Crippen LogP contribution in [0.4, 0.5) is 17.2 Å². The predicted molar refractivity (Wildman–Crippen MR) is 89.3 cm³/mol. The maximum absolute atomic E-state index is 11.9. The third-order valence-electron chi connectivity index (χ3n) is 3.39. The minimum atomic E-state index is -0.335. The molecule has 22 heavy (non-hydrogen) atoms. The predicted octanol–water partition coefficient (Wildman–Crippen LogP) is 3.71. The van der Waals surface area contributed by atoms with Gasteiger partial charge in [-0.15, -0.1) is 0 Å². The summed E-state index contributed by atoms with van der Waals surface area (Å²) >= 11 is 3.48. The Bertz CT molecular complexity index is 655. The second-order valence-corrected chi connectivity index (χ2v) is 5.88. The number of ether oxygens (including phenoxy) is 1. The summed E-state index contributed by atoms with van der Waals surface area (Å²) in [5.41, 5.74) is 1.60. The number of nitrogens with zero attached hydrogens (tertiary/aromatic N) is 1. The molecule has 1 aromatic heterocycles. The van der Waals surface area contributed by atoms with E-state index in [-0.39, 0.29) is 12.0 Å². The van der Waals surface area contributed by atoms with Gasteiger partial charge in [0.15, 0.2) is 0 Å². The molecule has 5 nitrogen and oxygen atoms in total. The molecule has 1 atom stereocenters. The number of hydrogen-bond acceptors (Lipinski definition) is 4. The first-order valence-electron chi connectivity index (χ1n) is 7.12. The molecule has 1 amide bonds. The van der Waals surface area contributed by atoms with Crippen LogP contribution >= 0.6 is 15.9 Å². The number of carbonyl (C=O) groups is 1. The van der Waals surface area contributed by atoms with E-state index in [2.05, 4.69) is 31.5 Å². The fourth-order valence-corrected chi connectivity index (χ4v) is 2.63. The number of carbonyl (C=O) groups excluding carboxylic acids is 1. The zero-order valence-corrected chi connectivity index (χ0v) is 13.5. The van der Waals surface area contributed by atoms with Gasteiger partial charge < -0.3 is 15.4 Å². The van der Waals surface area contributed by atoms with E-state index < -0.39 is 0 Å². The number of aromatic nitrogens is 1. The van der Waals surface area contributed by atoms with Gasteiger partial charge in [0, 0.05) is 11.1 Å². The summed E-state index contributed by atoms with van der Waals surface area (Å²) in [7, 11) is 0. The van der Waals surface area contributed by atoms with Gasteiger partial charge in [0.1, 0.15) is 11.9 Å². The smallest absolute Gasteiger partial charge is 0.253 e. The van der Waals surface area contributed by atoms with Crippen molar-refractivity contribution < 1.29 is 9.53 Å². The topological polar surface area (TPSA) is 63.2 Å². The van der Waals surface area contributed by atoms with Gasteiger partial charge in [-0.1, -0.05) is 12.1 Å². The van der Waals surface area contributed by atoms with Crippen LogP contribution in [0.3, 0.4) is 0 Å². The molecule has 1 aromatic carbocycles. The molecule has 1 saturated heterocycles. The summed E-state index contributed by atoms with van der Waals surface area (Å²) in [5, 5.41) is 6.04. The molecule has 0 bridgehead atoms. The largest absolute Gasteiger partial charge is 0.368 e. The van der Waals surface area contributed by atoms with Crippen molar-refractivity contribution >= 4 is 39.0 Å². The number of para-hydroxylation sites is 1. The Kier molecular flexibility index (Phi) is 4.70. The molecular formula is C16H16BrN3O2. The zero-order valence-electron chi connectivity index (χ0n) is 11.9. The number of nitrogens with one attached hydrogen (secondary N) is 2. The SMILES string of the molecule is O=C(Nc1ccc(Nc2ccccc2Br)nc1)C1CCCO1.